The number of hydrogen-bond donors (Lipinski definition) is 2. The normalized spacial score (nSPS) is 20.4. The summed E-state index contributed by atoms with van der Waals surface area (Å²) in [4.78, 5) is 14.4. The van der Waals surface area contributed by atoms with Gasteiger partial charge in [-0.2, -0.15) is 15.4 Å². The third kappa shape index (κ3) is 2.74. The van der Waals surface area contributed by atoms with E-state index in [0.717, 1.165) is 6.07 Å². The molecule has 1 aliphatic heterocycles. The second-order valence-corrected chi connectivity index (χ2v) is 6.06. The van der Waals surface area contributed by atoms with E-state index in [9.17, 15) is 18.7 Å². The molecule has 0 aliphatic carbocycles. The number of aromatic amines is 1. The van der Waals surface area contributed by atoms with E-state index in [1.54, 1.807) is 12.1 Å². The van der Waals surface area contributed by atoms with Crippen molar-refractivity contribution in [3.8, 4) is 0 Å². The van der Waals surface area contributed by atoms with Gasteiger partial charge < -0.3 is 10.0 Å². The number of likely N-dealkylation sites (tertiary alicyclic amines) is 1. The number of halogens is 2. The Hall–Kier alpha value is -2.87. The predicted octanol–water partition coefficient (Wildman–Crippen LogP) is 2.18. The molecule has 4 rings (SSSR count). The van der Waals surface area contributed by atoms with Crippen LogP contribution in [0.3, 0.4) is 0 Å². The van der Waals surface area contributed by atoms with E-state index in [0.29, 0.717) is 5.56 Å². The average Bonchev–Trinajstić information content (AvgIpc) is 3.19. The predicted molar refractivity (Wildman–Crippen MR) is 84.6 cm³/mol. The van der Waals surface area contributed by atoms with E-state index in [1.807, 2.05) is 0 Å². The summed E-state index contributed by atoms with van der Waals surface area (Å²) in [7, 11) is 0. The van der Waals surface area contributed by atoms with Crippen molar-refractivity contribution in [3.63, 3.8) is 0 Å². The Balaban J connectivity index is 1.76. The highest BCUT2D eigenvalue weighted by Gasteiger charge is 2.36. The third-order valence-electron chi connectivity index (χ3n) is 4.39. The lowest BCUT2D eigenvalue weighted by Crippen LogP contribution is -2.32. The Morgan fingerprint density at radius 2 is 2.04 bits per heavy atom. The first kappa shape index (κ1) is 15.6. The number of carbonyl (C=O) groups is 1. The summed E-state index contributed by atoms with van der Waals surface area (Å²) in [5.74, 6) is -1.51. The van der Waals surface area contributed by atoms with Crippen LogP contribution in [0.15, 0.2) is 36.4 Å². The standard InChI is InChI=1S/C17H14F2N4O2/c18-10-3-1-2-9(4-10)15-7-12(24)8-23(15)17(25)13-5-11(19)6-14-16(13)21-22-20-14/h1-6,12,15,24H,7-8H2,(H,20,21,22)/t12-,15-/m0/s1. The van der Waals surface area contributed by atoms with Gasteiger partial charge in [-0.05, 0) is 30.2 Å². The molecule has 0 saturated carbocycles. The van der Waals surface area contributed by atoms with Crippen LogP contribution >= 0.6 is 0 Å². The number of aromatic nitrogens is 3. The highest BCUT2D eigenvalue weighted by molar-refractivity contribution is 6.04. The Labute approximate surface area is 141 Å². The van der Waals surface area contributed by atoms with Crippen LogP contribution < -0.4 is 0 Å². The maximum Gasteiger partial charge on any atom is 0.256 e. The van der Waals surface area contributed by atoms with Crippen molar-refractivity contribution < 1.29 is 18.7 Å². The van der Waals surface area contributed by atoms with Gasteiger partial charge >= 0.3 is 0 Å². The van der Waals surface area contributed by atoms with Gasteiger partial charge in [0.2, 0.25) is 0 Å². The topological polar surface area (TPSA) is 82.1 Å². The fraction of sp³-hybridized carbons (Fsp3) is 0.235. The molecule has 2 heterocycles. The van der Waals surface area contributed by atoms with Crippen LogP contribution in [-0.2, 0) is 0 Å². The summed E-state index contributed by atoms with van der Waals surface area (Å²) in [6, 6.07) is 7.67. The molecule has 6 nitrogen and oxygen atoms in total. The number of nitrogens with zero attached hydrogens (tertiary/aromatic N) is 3. The van der Waals surface area contributed by atoms with Crippen LogP contribution in [-0.4, -0.2) is 44.0 Å². The summed E-state index contributed by atoms with van der Waals surface area (Å²) in [6.45, 7) is 0.0792. The minimum atomic E-state index is -0.737. The summed E-state index contributed by atoms with van der Waals surface area (Å²) >= 11 is 0. The average molecular weight is 344 g/mol. The minimum Gasteiger partial charge on any atom is -0.391 e. The maximum absolute atomic E-state index is 13.8. The van der Waals surface area contributed by atoms with Crippen molar-refractivity contribution in [2.45, 2.75) is 18.6 Å². The second-order valence-electron chi connectivity index (χ2n) is 6.06. The van der Waals surface area contributed by atoms with Crippen LogP contribution in [0.25, 0.3) is 11.0 Å². The fourth-order valence-electron chi connectivity index (χ4n) is 3.30. The molecule has 8 heteroatoms. The van der Waals surface area contributed by atoms with Gasteiger partial charge in [0.1, 0.15) is 22.7 Å². The first-order valence-electron chi connectivity index (χ1n) is 7.77. The van der Waals surface area contributed by atoms with E-state index >= 15 is 0 Å². The molecule has 1 amide bonds. The number of nitrogens with one attached hydrogen (secondary N) is 1. The fourth-order valence-corrected chi connectivity index (χ4v) is 3.30. The van der Waals surface area contributed by atoms with Crippen molar-refractivity contribution in [2.24, 2.45) is 0 Å². The van der Waals surface area contributed by atoms with Gasteiger partial charge in [-0.1, -0.05) is 12.1 Å². The molecule has 0 bridgehead atoms. The van der Waals surface area contributed by atoms with E-state index < -0.39 is 29.7 Å². The monoisotopic (exact) mass is 344 g/mol. The third-order valence-corrected chi connectivity index (χ3v) is 4.39. The zero-order valence-electron chi connectivity index (χ0n) is 13.0. The van der Waals surface area contributed by atoms with Crippen molar-refractivity contribution in [1.29, 1.82) is 0 Å². The number of hydrogen-bond acceptors (Lipinski definition) is 4. The van der Waals surface area contributed by atoms with Crippen molar-refractivity contribution >= 4 is 16.9 Å². The van der Waals surface area contributed by atoms with Gasteiger partial charge in [0.15, 0.2) is 0 Å². The molecule has 128 valence electrons. The number of β-amino-alcohol motifs (C(OH)–C–C–N with tert-alkyl or cyclic N) is 1. The highest BCUT2D eigenvalue weighted by Crippen LogP contribution is 2.34. The largest absolute Gasteiger partial charge is 0.391 e. The Morgan fingerprint density at radius 1 is 1.20 bits per heavy atom. The number of amides is 1. The number of benzene rings is 2. The first-order chi connectivity index (χ1) is 12.0. The molecule has 1 aromatic heterocycles. The summed E-state index contributed by atoms with van der Waals surface area (Å²) in [6.07, 6.45) is -0.453. The van der Waals surface area contributed by atoms with Crippen molar-refractivity contribution in [2.75, 3.05) is 6.54 Å². The van der Waals surface area contributed by atoms with Crippen LogP contribution in [0, 0.1) is 11.6 Å². The summed E-state index contributed by atoms with van der Waals surface area (Å²) in [5.41, 5.74) is 1.13. The molecule has 2 N–H and O–H groups in total. The van der Waals surface area contributed by atoms with Gasteiger partial charge in [-0.15, -0.1) is 0 Å². The maximum atomic E-state index is 13.8. The molecule has 1 saturated heterocycles. The Bertz CT molecular complexity index is 959. The molecular weight excluding hydrogens is 330 g/mol. The quantitative estimate of drug-likeness (QED) is 0.747. The van der Waals surface area contributed by atoms with E-state index in [1.165, 1.54) is 23.1 Å². The number of H-pyrrole nitrogens is 1. The van der Waals surface area contributed by atoms with Gasteiger partial charge in [0, 0.05) is 12.6 Å². The molecule has 0 spiro atoms. The molecule has 1 aliphatic rings. The van der Waals surface area contributed by atoms with E-state index in [-0.39, 0.29) is 29.6 Å². The summed E-state index contributed by atoms with van der Waals surface area (Å²) in [5, 5.41) is 20.1. The smallest absolute Gasteiger partial charge is 0.256 e. The number of aliphatic hydroxyl groups is 1. The van der Waals surface area contributed by atoms with Gasteiger partial charge in [-0.3, -0.25) is 4.79 Å². The van der Waals surface area contributed by atoms with E-state index in [4.69, 9.17) is 0 Å². The Morgan fingerprint density at radius 3 is 2.84 bits per heavy atom. The minimum absolute atomic E-state index is 0.0549. The first-order valence-corrected chi connectivity index (χ1v) is 7.77. The summed E-state index contributed by atoms with van der Waals surface area (Å²) < 4.78 is 27.4. The Kier molecular flexibility index (Phi) is 3.69. The van der Waals surface area contributed by atoms with Crippen LogP contribution in [0.2, 0.25) is 0 Å². The number of rotatable bonds is 2. The SMILES string of the molecule is O=C(c1cc(F)cc2n[nH]nc12)N1C[C@@H](O)C[C@H]1c1cccc(F)c1. The zero-order valence-corrected chi connectivity index (χ0v) is 13.0. The zero-order chi connectivity index (χ0) is 17.6. The molecule has 3 aromatic rings. The number of fused-ring (bicyclic) bond motifs is 1. The molecule has 0 unspecified atom stereocenters. The number of carbonyl (C=O) groups excluding carboxylic acids is 1. The molecule has 25 heavy (non-hydrogen) atoms. The molecule has 2 aromatic carbocycles. The molecule has 0 radical (unpaired) electrons. The van der Waals surface area contributed by atoms with Crippen molar-refractivity contribution in [3.05, 3.63) is 59.2 Å². The molecule has 1 fully saturated rings. The van der Waals surface area contributed by atoms with Crippen LogP contribution in [0.4, 0.5) is 8.78 Å². The van der Waals surface area contributed by atoms with E-state index in [2.05, 4.69) is 15.4 Å². The highest BCUT2D eigenvalue weighted by atomic mass is 19.1. The lowest BCUT2D eigenvalue weighted by molar-refractivity contribution is 0.0717. The lowest BCUT2D eigenvalue weighted by Gasteiger charge is -2.25. The molecular formula is C17H14F2N4O2. The van der Waals surface area contributed by atoms with Gasteiger partial charge in [-0.25, -0.2) is 8.78 Å². The molecule has 2 atom stereocenters. The van der Waals surface area contributed by atoms with Crippen LogP contribution in [0.5, 0.6) is 0 Å². The lowest BCUT2D eigenvalue weighted by atomic mass is 10.0. The second kappa shape index (κ2) is 5.89. The van der Waals surface area contributed by atoms with Crippen molar-refractivity contribution in [1.82, 2.24) is 20.3 Å². The van der Waals surface area contributed by atoms with Gasteiger partial charge in [0.05, 0.1) is 17.7 Å². The number of aliphatic hydroxyl groups excluding tert-OH is 1. The van der Waals surface area contributed by atoms with Gasteiger partial charge in [0.25, 0.3) is 5.91 Å². The van der Waals surface area contributed by atoms with Crippen LogP contribution in [0.1, 0.15) is 28.4 Å².